The van der Waals surface area contributed by atoms with Crippen LogP contribution >= 0.6 is 0 Å². The van der Waals surface area contributed by atoms with Crippen LogP contribution in [0.3, 0.4) is 0 Å². The zero-order valence-electron chi connectivity index (χ0n) is 16.0. The molecule has 1 heterocycles. The summed E-state index contributed by atoms with van der Waals surface area (Å²) in [7, 11) is 1.56. The second kappa shape index (κ2) is 9.77. The Balaban J connectivity index is 2.21. The number of likely N-dealkylation sites (tertiary alicyclic amines) is 1. The van der Waals surface area contributed by atoms with Gasteiger partial charge in [-0.1, -0.05) is 18.2 Å². The van der Waals surface area contributed by atoms with E-state index in [4.69, 9.17) is 4.74 Å². The lowest BCUT2D eigenvalue weighted by molar-refractivity contribution is -0.137. The fourth-order valence-corrected chi connectivity index (χ4v) is 3.34. The molecule has 0 aromatic heterocycles. The number of hydrogen-bond acceptors (Lipinski definition) is 3. The van der Waals surface area contributed by atoms with Gasteiger partial charge in [0.25, 0.3) is 0 Å². The van der Waals surface area contributed by atoms with Gasteiger partial charge in [-0.25, -0.2) is 4.79 Å². The van der Waals surface area contributed by atoms with Crippen molar-refractivity contribution in [1.29, 1.82) is 0 Å². The van der Waals surface area contributed by atoms with Gasteiger partial charge in [0.1, 0.15) is 0 Å². The quantitative estimate of drug-likeness (QED) is 0.690. The first kappa shape index (κ1) is 22.0. The smallest absolute Gasteiger partial charge is 0.385 e. The van der Waals surface area contributed by atoms with Gasteiger partial charge in [0.05, 0.1) is 11.5 Å². The SMILES string of the molecule is CCNC(=O)N1CC(C(=O)NCCCOC)C(c2cccc(C(F)(F)F)c2)C1. The monoisotopic (exact) mass is 401 g/mol. The Morgan fingerprint density at radius 2 is 2.00 bits per heavy atom. The van der Waals surface area contributed by atoms with Crippen molar-refractivity contribution in [2.24, 2.45) is 5.92 Å². The number of amides is 3. The second-order valence-corrected chi connectivity index (χ2v) is 6.71. The number of urea groups is 1. The summed E-state index contributed by atoms with van der Waals surface area (Å²) in [4.78, 5) is 26.3. The van der Waals surface area contributed by atoms with E-state index in [0.717, 1.165) is 12.1 Å². The Labute approximate surface area is 162 Å². The van der Waals surface area contributed by atoms with Crippen LogP contribution in [0.15, 0.2) is 24.3 Å². The fraction of sp³-hybridized carbons (Fsp3) is 0.579. The van der Waals surface area contributed by atoms with Crippen LogP contribution in [0.4, 0.5) is 18.0 Å². The molecule has 6 nitrogen and oxygen atoms in total. The third-order valence-electron chi connectivity index (χ3n) is 4.74. The fourth-order valence-electron chi connectivity index (χ4n) is 3.34. The summed E-state index contributed by atoms with van der Waals surface area (Å²) >= 11 is 0. The molecule has 0 bridgehead atoms. The minimum atomic E-state index is -4.47. The number of methoxy groups -OCH3 is 1. The summed E-state index contributed by atoms with van der Waals surface area (Å²) in [5, 5.41) is 5.47. The minimum Gasteiger partial charge on any atom is -0.385 e. The number of carbonyl (C=O) groups excluding carboxylic acids is 2. The van der Waals surface area contributed by atoms with Gasteiger partial charge in [0.2, 0.25) is 5.91 Å². The Morgan fingerprint density at radius 3 is 2.64 bits per heavy atom. The van der Waals surface area contributed by atoms with Gasteiger partial charge in [-0.3, -0.25) is 4.79 Å². The highest BCUT2D eigenvalue weighted by Gasteiger charge is 2.41. The van der Waals surface area contributed by atoms with Crippen LogP contribution in [0.5, 0.6) is 0 Å². The highest BCUT2D eigenvalue weighted by molar-refractivity contribution is 5.83. The first-order valence-corrected chi connectivity index (χ1v) is 9.24. The molecular formula is C19H26F3N3O3. The number of nitrogens with one attached hydrogen (secondary N) is 2. The van der Waals surface area contributed by atoms with Gasteiger partial charge in [-0.05, 0) is 25.0 Å². The Bertz CT molecular complexity index is 682. The highest BCUT2D eigenvalue weighted by atomic mass is 19.4. The molecule has 2 N–H and O–H groups in total. The van der Waals surface area contributed by atoms with Crippen molar-refractivity contribution in [2.45, 2.75) is 25.4 Å². The van der Waals surface area contributed by atoms with Crippen molar-refractivity contribution in [2.75, 3.05) is 39.9 Å². The van der Waals surface area contributed by atoms with Gasteiger partial charge in [-0.15, -0.1) is 0 Å². The van der Waals surface area contributed by atoms with E-state index in [9.17, 15) is 22.8 Å². The van der Waals surface area contributed by atoms with E-state index in [1.165, 1.54) is 11.0 Å². The summed E-state index contributed by atoms with van der Waals surface area (Å²) in [5.41, 5.74) is -0.362. The molecule has 0 radical (unpaired) electrons. The molecule has 1 aliphatic rings. The number of alkyl halides is 3. The van der Waals surface area contributed by atoms with Crippen molar-refractivity contribution >= 4 is 11.9 Å². The van der Waals surface area contributed by atoms with E-state index in [2.05, 4.69) is 10.6 Å². The van der Waals surface area contributed by atoms with E-state index in [1.54, 1.807) is 20.1 Å². The van der Waals surface area contributed by atoms with Crippen molar-refractivity contribution in [3.63, 3.8) is 0 Å². The maximum atomic E-state index is 13.1. The number of carbonyl (C=O) groups is 2. The molecule has 0 aliphatic carbocycles. The normalized spacial score (nSPS) is 19.5. The molecule has 1 saturated heterocycles. The summed E-state index contributed by atoms with van der Waals surface area (Å²) in [6.45, 7) is 3.44. The lowest BCUT2D eigenvalue weighted by atomic mass is 9.87. The van der Waals surface area contributed by atoms with Crippen LogP contribution in [0.2, 0.25) is 0 Å². The van der Waals surface area contributed by atoms with Gasteiger partial charge in [-0.2, -0.15) is 13.2 Å². The van der Waals surface area contributed by atoms with Crippen molar-refractivity contribution in [1.82, 2.24) is 15.5 Å². The molecule has 9 heteroatoms. The van der Waals surface area contributed by atoms with Crippen LogP contribution in [0.25, 0.3) is 0 Å². The first-order chi connectivity index (χ1) is 13.3. The standard InChI is InChI=1S/C19H26F3N3O3/c1-3-23-18(27)25-11-15(13-6-4-7-14(10-13)19(20,21)22)16(12-25)17(26)24-8-5-9-28-2/h4,6-7,10,15-16H,3,5,8-9,11-12H2,1-2H3,(H,23,27)(H,24,26). The molecule has 0 saturated carbocycles. The number of hydrogen-bond donors (Lipinski definition) is 2. The van der Waals surface area contributed by atoms with E-state index >= 15 is 0 Å². The second-order valence-electron chi connectivity index (χ2n) is 6.71. The molecule has 1 fully saturated rings. The van der Waals surface area contributed by atoms with Gasteiger partial charge >= 0.3 is 12.2 Å². The van der Waals surface area contributed by atoms with Crippen LogP contribution in [0.1, 0.15) is 30.4 Å². The summed E-state index contributed by atoms with van der Waals surface area (Å²) < 4.78 is 44.2. The molecule has 2 rings (SSSR count). The predicted molar refractivity (Wildman–Crippen MR) is 97.8 cm³/mol. The number of benzene rings is 1. The summed E-state index contributed by atoms with van der Waals surface area (Å²) in [6, 6.07) is 4.65. The zero-order chi connectivity index (χ0) is 20.7. The van der Waals surface area contributed by atoms with Gasteiger partial charge in [0, 0.05) is 45.8 Å². The maximum absolute atomic E-state index is 13.1. The van der Waals surface area contributed by atoms with Crippen molar-refractivity contribution < 1.29 is 27.5 Å². The summed E-state index contributed by atoms with van der Waals surface area (Å²) in [5.74, 6) is -1.40. The van der Waals surface area contributed by atoms with E-state index in [-0.39, 0.29) is 25.0 Å². The number of rotatable bonds is 7. The topological polar surface area (TPSA) is 70.7 Å². The van der Waals surface area contributed by atoms with Gasteiger partial charge in [0.15, 0.2) is 0 Å². The predicted octanol–water partition coefficient (Wildman–Crippen LogP) is 2.60. The van der Waals surface area contributed by atoms with Crippen LogP contribution in [-0.4, -0.2) is 56.7 Å². The third-order valence-corrected chi connectivity index (χ3v) is 4.74. The molecule has 2 unspecified atom stereocenters. The number of ether oxygens (including phenoxy) is 1. The zero-order valence-corrected chi connectivity index (χ0v) is 16.0. The summed E-state index contributed by atoms with van der Waals surface area (Å²) in [6.07, 6.45) is -3.84. The molecule has 28 heavy (non-hydrogen) atoms. The molecular weight excluding hydrogens is 375 g/mol. The van der Waals surface area contributed by atoms with Crippen LogP contribution < -0.4 is 10.6 Å². The first-order valence-electron chi connectivity index (χ1n) is 9.24. The molecule has 156 valence electrons. The van der Waals surface area contributed by atoms with Crippen molar-refractivity contribution in [3.05, 3.63) is 35.4 Å². The minimum absolute atomic E-state index is 0.156. The third kappa shape index (κ3) is 5.60. The average Bonchev–Trinajstić information content (AvgIpc) is 3.10. The van der Waals surface area contributed by atoms with E-state index in [0.29, 0.717) is 31.7 Å². The molecule has 2 atom stereocenters. The molecule has 1 aromatic rings. The van der Waals surface area contributed by atoms with Crippen LogP contribution in [0, 0.1) is 5.92 Å². The van der Waals surface area contributed by atoms with Crippen LogP contribution in [-0.2, 0) is 15.7 Å². The Kier molecular flexibility index (Phi) is 7.68. The molecule has 1 aromatic carbocycles. The molecule has 1 aliphatic heterocycles. The average molecular weight is 401 g/mol. The Morgan fingerprint density at radius 1 is 1.25 bits per heavy atom. The van der Waals surface area contributed by atoms with E-state index < -0.39 is 23.6 Å². The molecule has 3 amide bonds. The molecule has 0 spiro atoms. The lowest BCUT2D eigenvalue weighted by Crippen LogP contribution is -2.40. The number of nitrogens with zero attached hydrogens (tertiary/aromatic N) is 1. The maximum Gasteiger partial charge on any atom is 0.416 e. The highest BCUT2D eigenvalue weighted by Crippen LogP contribution is 2.36. The Hall–Kier alpha value is -2.29. The van der Waals surface area contributed by atoms with Gasteiger partial charge < -0.3 is 20.3 Å². The lowest BCUT2D eigenvalue weighted by Gasteiger charge is -2.19. The van der Waals surface area contributed by atoms with E-state index in [1.807, 2.05) is 0 Å². The largest absolute Gasteiger partial charge is 0.416 e. The number of halogens is 3. The van der Waals surface area contributed by atoms with Crippen molar-refractivity contribution in [3.8, 4) is 0 Å².